The summed E-state index contributed by atoms with van der Waals surface area (Å²) < 4.78 is 11.9. The second-order valence-corrected chi connectivity index (χ2v) is 5.01. The number of nitrogens with zero attached hydrogens (tertiary/aromatic N) is 5. The van der Waals surface area contributed by atoms with Crippen molar-refractivity contribution in [2.45, 2.75) is 19.7 Å². The fourth-order valence-electron chi connectivity index (χ4n) is 2.48. The number of hydrogen-bond acceptors (Lipinski definition) is 7. The van der Waals surface area contributed by atoms with Gasteiger partial charge < -0.3 is 19.5 Å². The van der Waals surface area contributed by atoms with E-state index in [4.69, 9.17) is 14.6 Å². The SMILES string of the molecule is COc1ncc(C(=O)N2CCn3nc(CO)cc3C2)nc1OC. The van der Waals surface area contributed by atoms with E-state index in [1.54, 1.807) is 15.6 Å². The zero-order chi connectivity index (χ0) is 16.4. The number of rotatable bonds is 4. The van der Waals surface area contributed by atoms with Crippen molar-refractivity contribution in [3.05, 3.63) is 29.3 Å². The lowest BCUT2D eigenvalue weighted by Gasteiger charge is -2.27. The molecule has 9 nitrogen and oxygen atoms in total. The number of aliphatic hydroxyl groups is 1. The van der Waals surface area contributed by atoms with Gasteiger partial charge in [-0.3, -0.25) is 9.48 Å². The fourth-order valence-corrected chi connectivity index (χ4v) is 2.48. The molecule has 0 radical (unpaired) electrons. The lowest BCUT2D eigenvalue weighted by molar-refractivity contribution is 0.0698. The molecule has 0 fully saturated rings. The Morgan fingerprint density at radius 1 is 1.30 bits per heavy atom. The second kappa shape index (κ2) is 6.21. The Hall–Kier alpha value is -2.68. The fraction of sp³-hybridized carbons (Fsp3) is 0.429. The lowest BCUT2D eigenvalue weighted by atomic mass is 10.2. The highest BCUT2D eigenvalue weighted by atomic mass is 16.5. The first-order chi connectivity index (χ1) is 11.2. The van der Waals surface area contributed by atoms with Gasteiger partial charge in [0.15, 0.2) is 5.69 Å². The lowest BCUT2D eigenvalue weighted by Crippen LogP contribution is -2.38. The molecule has 3 heterocycles. The van der Waals surface area contributed by atoms with E-state index in [9.17, 15) is 4.79 Å². The third kappa shape index (κ3) is 2.82. The molecule has 0 saturated heterocycles. The van der Waals surface area contributed by atoms with Gasteiger partial charge in [0.25, 0.3) is 17.7 Å². The molecule has 0 spiro atoms. The predicted octanol–water partition coefficient (Wildman–Crippen LogP) is -0.161. The van der Waals surface area contributed by atoms with Crippen molar-refractivity contribution in [1.29, 1.82) is 0 Å². The number of carbonyl (C=O) groups excluding carboxylic acids is 1. The van der Waals surface area contributed by atoms with Crippen LogP contribution in [0.5, 0.6) is 11.8 Å². The van der Waals surface area contributed by atoms with Crippen molar-refractivity contribution in [2.24, 2.45) is 0 Å². The molecule has 0 atom stereocenters. The summed E-state index contributed by atoms with van der Waals surface area (Å²) in [5, 5.41) is 13.4. The van der Waals surface area contributed by atoms with E-state index in [-0.39, 0.29) is 30.0 Å². The number of aliphatic hydroxyl groups excluding tert-OH is 1. The Morgan fingerprint density at radius 2 is 2.09 bits per heavy atom. The van der Waals surface area contributed by atoms with Crippen LogP contribution in [0.15, 0.2) is 12.3 Å². The van der Waals surface area contributed by atoms with Crippen LogP contribution in [0.2, 0.25) is 0 Å². The molecule has 1 aliphatic rings. The number of ether oxygens (including phenoxy) is 2. The van der Waals surface area contributed by atoms with Crippen molar-refractivity contribution >= 4 is 5.91 Å². The third-order valence-electron chi connectivity index (χ3n) is 3.61. The van der Waals surface area contributed by atoms with Crippen LogP contribution in [0.3, 0.4) is 0 Å². The smallest absolute Gasteiger partial charge is 0.278 e. The quantitative estimate of drug-likeness (QED) is 0.835. The van der Waals surface area contributed by atoms with Crippen LogP contribution >= 0.6 is 0 Å². The maximum Gasteiger partial charge on any atom is 0.278 e. The van der Waals surface area contributed by atoms with Gasteiger partial charge in [-0.2, -0.15) is 5.10 Å². The molecule has 2 aromatic rings. The Balaban J connectivity index is 1.81. The van der Waals surface area contributed by atoms with Crippen LogP contribution < -0.4 is 9.47 Å². The number of hydrogen-bond donors (Lipinski definition) is 1. The number of carbonyl (C=O) groups is 1. The maximum atomic E-state index is 12.6. The molecule has 0 saturated carbocycles. The van der Waals surface area contributed by atoms with Gasteiger partial charge in [0.05, 0.1) is 51.5 Å². The highest BCUT2D eigenvalue weighted by molar-refractivity contribution is 5.92. The normalized spacial score (nSPS) is 13.6. The van der Waals surface area contributed by atoms with Crippen molar-refractivity contribution in [3.8, 4) is 11.8 Å². The van der Waals surface area contributed by atoms with E-state index >= 15 is 0 Å². The van der Waals surface area contributed by atoms with Gasteiger partial charge in [0.1, 0.15) is 0 Å². The maximum absolute atomic E-state index is 12.6. The van der Waals surface area contributed by atoms with Crippen LogP contribution in [-0.2, 0) is 19.7 Å². The van der Waals surface area contributed by atoms with Gasteiger partial charge in [0, 0.05) is 6.54 Å². The van der Waals surface area contributed by atoms with Crippen molar-refractivity contribution < 1.29 is 19.4 Å². The van der Waals surface area contributed by atoms with Gasteiger partial charge >= 0.3 is 0 Å². The molecule has 0 aliphatic carbocycles. The van der Waals surface area contributed by atoms with E-state index in [0.717, 1.165) is 5.69 Å². The summed E-state index contributed by atoms with van der Waals surface area (Å²) in [7, 11) is 2.90. The average molecular weight is 319 g/mol. The standard InChI is InChI=1S/C14H17N5O4/c1-22-12-13(23-2)16-11(6-15-12)14(21)18-3-4-19-10(7-18)5-9(8-20)17-19/h5-6,20H,3-4,7-8H2,1-2H3. The Bertz CT molecular complexity index is 730. The summed E-state index contributed by atoms with van der Waals surface area (Å²) in [6.07, 6.45) is 1.37. The topological polar surface area (TPSA) is 103 Å². The molecule has 0 aromatic carbocycles. The van der Waals surface area contributed by atoms with Crippen LogP contribution in [0.4, 0.5) is 0 Å². The van der Waals surface area contributed by atoms with Gasteiger partial charge in [-0.15, -0.1) is 0 Å². The van der Waals surface area contributed by atoms with Crippen LogP contribution in [0, 0.1) is 0 Å². The second-order valence-electron chi connectivity index (χ2n) is 5.01. The molecule has 0 unspecified atom stereocenters. The Morgan fingerprint density at radius 3 is 2.78 bits per heavy atom. The monoisotopic (exact) mass is 319 g/mol. The first-order valence-electron chi connectivity index (χ1n) is 7.07. The summed E-state index contributed by atoms with van der Waals surface area (Å²) in [5.74, 6) is 0.160. The largest absolute Gasteiger partial charge is 0.477 e. The average Bonchev–Trinajstić information content (AvgIpc) is 3.02. The van der Waals surface area contributed by atoms with Crippen LogP contribution in [0.1, 0.15) is 21.9 Å². The predicted molar refractivity (Wildman–Crippen MR) is 78.0 cm³/mol. The van der Waals surface area contributed by atoms with Crippen molar-refractivity contribution in [1.82, 2.24) is 24.6 Å². The molecule has 3 rings (SSSR count). The molecule has 9 heteroatoms. The minimum absolute atomic E-state index is 0.116. The minimum Gasteiger partial charge on any atom is -0.477 e. The van der Waals surface area contributed by atoms with Crippen molar-refractivity contribution in [2.75, 3.05) is 20.8 Å². The molecule has 2 aromatic heterocycles. The molecule has 1 N–H and O–H groups in total. The number of aromatic nitrogens is 4. The number of amides is 1. The highest BCUT2D eigenvalue weighted by Gasteiger charge is 2.25. The van der Waals surface area contributed by atoms with E-state index < -0.39 is 0 Å². The third-order valence-corrected chi connectivity index (χ3v) is 3.61. The van der Waals surface area contributed by atoms with E-state index in [1.807, 2.05) is 0 Å². The summed E-state index contributed by atoms with van der Waals surface area (Å²) in [4.78, 5) is 22.5. The zero-order valence-corrected chi connectivity index (χ0v) is 12.9. The van der Waals surface area contributed by atoms with Crippen molar-refractivity contribution in [3.63, 3.8) is 0 Å². The summed E-state index contributed by atoms with van der Waals surface area (Å²) in [6.45, 7) is 1.37. The summed E-state index contributed by atoms with van der Waals surface area (Å²) >= 11 is 0. The first-order valence-corrected chi connectivity index (χ1v) is 7.07. The molecule has 23 heavy (non-hydrogen) atoms. The first kappa shape index (κ1) is 15.2. The number of methoxy groups -OCH3 is 2. The van der Waals surface area contributed by atoms with Crippen LogP contribution in [0.25, 0.3) is 0 Å². The highest BCUT2D eigenvalue weighted by Crippen LogP contribution is 2.22. The molecular weight excluding hydrogens is 302 g/mol. The van der Waals surface area contributed by atoms with E-state index in [1.165, 1.54) is 20.4 Å². The van der Waals surface area contributed by atoms with Gasteiger partial charge in [0.2, 0.25) is 0 Å². The summed E-state index contributed by atoms with van der Waals surface area (Å²) in [5.41, 5.74) is 1.67. The molecule has 0 bridgehead atoms. The molecular formula is C14H17N5O4. The number of fused-ring (bicyclic) bond motifs is 1. The Kier molecular flexibility index (Phi) is 4.11. The van der Waals surface area contributed by atoms with Gasteiger partial charge in [-0.25, -0.2) is 9.97 Å². The molecule has 122 valence electrons. The minimum atomic E-state index is -0.239. The van der Waals surface area contributed by atoms with Gasteiger partial charge in [-0.05, 0) is 6.07 Å². The molecule has 1 aliphatic heterocycles. The zero-order valence-electron chi connectivity index (χ0n) is 12.9. The summed E-state index contributed by atoms with van der Waals surface area (Å²) in [6, 6.07) is 1.79. The van der Waals surface area contributed by atoms with Crippen LogP contribution in [-0.4, -0.2) is 56.4 Å². The Labute approximate surface area is 132 Å². The van der Waals surface area contributed by atoms with E-state index in [2.05, 4.69) is 15.1 Å². The van der Waals surface area contributed by atoms with Gasteiger partial charge in [-0.1, -0.05) is 0 Å². The molecule has 1 amide bonds. The van der Waals surface area contributed by atoms with E-state index in [0.29, 0.717) is 25.3 Å².